The number of hydrogen-bond acceptors (Lipinski definition) is 9. The Morgan fingerprint density at radius 2 is 2.15 bits per heavy atom. The van der Waals surface area contributed by atoms with Crippen molar-refractivity contribution in [3.8, 4) is 22.9 Å². The lowest BCUT2D eigenvalue weighted by Gasteiger charge is -2.07. The summed E-state index contributed by atoms with van der Waals surface area (Å²) in [5, 5.41) is 5.94. The van der Waals surface area contributed by atoms with Gasteiger partial charge in [0.15, 0.2) is 6.61 Å². The Labute approximate surface area is 164 Å². The van der Waals surface area contributed by atoms with Crippen molar-refractivity contribution >= 4 is 29.1 Å². The maximum atomic E-state index is 11.8. The Hall–Kier alpha value is -2.52. The van der Waals surface area contributed by atoms with E-state index < -0.39 is 0 Å². The molecule has 0 bridgehead atoms. The van der Waals surface area contributed by atoms with E-state index in [0.717, 1.165) is 5.75 Å². The van der Waals surface area contributed by atoms with E-state index in [-0.39, 0.29) is 24.2 Å². The Morgan fingerprint density at radius 3 is 2.89 bits per heavy atom. The highest BCUT2D eigenvalue weighted by atomic mass is 32.2. The van der Waals surface area contributed by atoms with E-state index in [1.165, 1.54) is 16.6 Å². The minimum atomic E-state index is -0.321. The molecule has 0 aliphatic carbocycles. The molecule has 27 heavy (non-hydrogen) atoms. The Kier molecular flexibility index (Phi) is 6.72. The molecular weight excluding hydrogens is 388 g/mol. The molecule has 7 nitrogen and oxygen atoms in total. The lowest BCUT2D eigenvalue weighted by atomic mass is 10.2. The van der Waals surface area contributed by atoms with Crippen LogP contribution in [0, 0.1) is 0 Å². The molecule has 9 heteroatoms. The van der Waals surface area contributed by atoms with E-state index in [9.17, 15) is 4.79 Å². The van der Waals surface area contributed by atoms with E-state index in [2.05, 4.69) is 10.1 Å². The standard InChI is InChI=1S/C18H18N2O5S2/c1-22-12-5-6-14(15(8-12)23-2)18-19-16(25-20-18)9-24-17(21)11-26-10-13-4-3-7-27-13/h3-8H,9-11H2,1-2H3. The number of thioether (sulfide) groups is 1. The first-order valence-electron chi connectivity index (χ1n) is 8.00. The topological polar surface area (TPSA) is 83.7 Å². The van der Waals surface area contributed by atoms with Gasteiger partial charge >= 0.3 is 5.97 Å². The van der Waals surface area contributed by atoms with Gasteiger partial charge < -0.3 is 18.7 Å². The van der Waals surface area contributed by atoms with Gasteiger partial charge in [-0.05, 0) is 23.6 Å². The fourth-order valence-electron chi connectivity index (χ4n) is 2.22. The van der Waals surface area contributed by atoms with Gasteiger partial charge in [0.05, 0.1) is 25.5 Å². The van der Waals surface area contributed by atoms with E-state index in [1.54, 1.807) is 43.8 Å². The summed E-state index contributed by atoms with van der Waals surface area (Å²) in [7, 11) is 3.13. The molecule has 0 aliphatic rings. The zero-order valence-corrected chi connectivity index (χ0v) is 16.5. The summed E-state index contributed by atoms with van der Waals surface area (Å²) in [5.74, 6) is 2.53. The second-order valence-corrected chi connectivity index (χ2v) is 7.33. The summed E-state index contributed by atoms with van der Waals surface area (Å²) in [4.78, 5) is 17.3. The number of thiophene rings is 1. The van der Waals surface area contributed by atoms with Gasteiger partial charge in [-0.2, -0.15) is 4.98 Å². The average Bonchev–Trinajstić information content (AvgIpc) is 3.38. The molecule has 0 atom stereocenters. The summed E-state index contributed by atoms with van der Waals surface area (Å²) in [6.07, 6.45) is 0. The molecule has 0 fully saturated rings. The summed E-state index contributed by atoms with van der Waals surface area (Å²) in [5.41, 5.74) is 0.658. The molecule has 3 rings (SSSR count). The van der Waals surface area contributed by atoms with Crippen molar-refractivity contribution in [3.63, 3.8) is 0 Å². The highest BCUT2D eigenvalue weighted by Crippen LogP contribution is 2.31. The fourth-order valence-corrected chi connectivity index (χ4v) is 3.88. The molecule has 0 saturated carbocycles. The normalized spacial score (nSPS) is 10.6. The number of ether oxygens (including phenoxy) is 3. The second-order valence-electron chi connectivity index (χ2n) is 5.31. The molecule has 1 aromatic carbocycles. The molecule has 0 unspecified atom stereocenters. The molecule has 0 saturated heterocycles. The van der Waals surface area contributed by atoms with Gasteiger partial charge in [0.25, 0.3) is 5.89 Å². The first kappa shape index (κ1) is 19.2. The number of methoxy groups -OCH3 is 2. The molecule has 2 aromatic heterocycles. The Morgan fingerprint density at radius 1 is 1.26 bits per heavy atom. The minimum Gasteiger partial charge on any atom is -0.497 e. The van der Waals surface area contributed by atoms with Crippen molar-refractivity contribution in [1.82, 2.24) is 10.1 Å². The van der Waals surface area contributed by atoms with E-state index in [0.29, 0.717) is 22.9 Å². The molecular formula is C18H18N2O5S2. The van der Waals surface area contributed by atoms with E-state index in [4.69, 9.17) is 18.7 Å². The van der Waals surface area contributed by atoms with E-state index >= 15 is 0 Å². The summed E-state index contributed by atoms with van der Waals surface area (Å²) in [6, 6.07) is 9.31. The maximum absolute atomic E-state index is 11.8. The number of esters is 1. The fraction of sp³-hybridized carbons (Fsp3) is 0.278. The maximum Gasteiger partial charge on any atom is 0.316 e. The highest BCUT2D eigenvalue weighted by molar-refractivity contribution is 7.99. The summed E-state index contributed by atoms with van der Waals surface area (Å²) < 4.78 is 20.9. The smallest absolute Gasteiger partial charge is 0.316 e. The Bertz CT molecular complexity index is 880. The van der Waals surface area contributed by atoms with Crippen molar-refractivity contribution in [1.29, 1.82) is 0 Å². The van der Waals surface area contributed by atoms with Gasteiger partial charge in [0.1, 0.15) is 11.5 Å². The van der Waals surface area contributed by atoms with Crippen LogP contribution in [0.3, 0.4) is 0 Å². The van der Waals surface area contributed by atoms with Crippen molar-refractivity contribution in [3.05, 3.63) is 46.5 Å². The number of aromatic nitrogens is 2. The van der Waals surface area contributed by atoms with Gasteiger partial charge in [-0.1, -0.05) is 11.2 Å². The monoisotopic (exact) mass is 406 g/mol. The molecule has 0 radical (unpaired) electrons. The molecule has 0 amide bonds. The summed E-state index contributed by atoms with van der Waals surface area (Å²) >= 11 is 3.17. The van der Waals surface area contributed by atoms with Crippen LogP contribution >= 0.6 is 23.1 Å². The van der Waals surface area contributed by atoms with Gasteiger partial charge in [-0.3, -0.25) is 4.79 Å². The minimum absolute atomic E-state index is 0.0656. The number of nitrogens with zero attached hydrogens (tertiary/aromatic N) is 2. The predicted molar refractivity (Wildman–Crippen MR) is 103 cm³/mol. The quantitative estimate of drug-likeness (QED) is 0.496. The van der Waals surface area contributed by atoms with Crippen LogP contribution in [0.5, 0.6) is 11.5 Å². The van der Waals surface area contributed by atoms with Gasteiger partial charge in [0.2, 0.25) is 5.82 Å². The average molecular weight is 406 g/mol. The van der Waals surface area contributed by atoms with Gasteiger partial charge in [-0.15, -0.1) is 23.1 Å². The van der Waals surface area contributed by atoms with Crippen LogP contribution in [-0.4, -0.2) is 36.1 Å². The highest BCUT2D eigenvalue weighted by Gasteiger charge is 2.15. The van der Waals surface area contributed by atoms with Crippen LogP contribution in [0.1, 0.15) is 10.8 Å². The third-order valence-electron chi connectivity index (χ3n) is 3.52. The van der Waals surface area contributed by atoms with Crippen LogP contribution in [0.2, 0.25) is 0 Å². The number of benzene rings is 1. The molecule has 2 heterocycles. The SMILES string of the molecule is COc1ccc(-c2noc(COC(=O)CSCc3cccs3)n2)c(OC)c1. The third kappa shape index (κ3) is 5.24. The first-order chi connectivity index (χ1) is 13.2. The third-order valence-corrected chi connectivity index (χ3v) is 5.53. The lowest BCUT2D eigenvalue weighted by Crippen LogP contribution is -2.07. The number of rotatable bonds is 9. The predicted octanol–water partition coefficient (Wildman–Crippen LogP) is 3.79. The molecule has 142 valence electrons. The second kappa shape index (κ2) is 9.43. The largest absolute Gasteiger partial charge is 0.497 e. The summed E-state index contributed by atoms with van der Waals surface area (Å²) in [6.45, 7) is -0.0656. The van der Waals surface area contributed by atoms with Gasteiger partial charge in [-0.25, -0.2) is 0 Å². The van der Waals surface area contributed by atoms with Crippen LogP contribution in [-0.2, 0) is 21.9 Å². The van der Waals surface area contributed by atoms with Crippen LogP contribution in [0.15, 0.2) is 40.2 Å². The molecule has 0 N–H and O–H groups in total. The first-order valence-corrected chi connectivity index (χ1v) is 10.0. The van der Waals surface area contributed by atoms with Crippen LogP contribution < -0.4 is 9.47 Å². The van der Waals surface area contributed by atoms with Crippen LogP contribution in [0.4, 0.5) is 0 Å². The van der Waals surface area contributed by atoms with E-state index in [1.807, 2.05) is 17.5 Å². The van der Waals surface area contributed by atoms with Crippen molar-refractivity contribution in [2.24, 2.45) is 0 Å². The van der Waals surface area contributed by atoms with Crippen LogP contribution in [0.25, 0.3) is 11.4 Å². The van der Waals surface area contributed by atoms with Gasteiger partial charge in [0, 0.05) is 16.7 Å². The zero-order valence-electron chi connectivity index (χ0n) is 14.8. The number of carbonyl (C=O) groups is 1. The molecule has 0 aliphatic heterocycles. The van der Waals surface area contributed by atoms with Crippen molar-refractivity contribution in [2.75, 3.05) is 20.0 Å². The number of hydrogen-bond donors (Lipinski definition) is 0. The molecule has 3 aromatic rings. The van der Waals surface area contributed by atoms with Crippen molar-refractivity contribution in [2.45, 2.75) is 12.4 Å². The van der Waals surface area contributed by atoms with Crippen molar-refractivity contribution < 1.29 is 23.5 Å². The molecule has 0 spiro atoms. The Balaban J connectivity index is 1.52. The zero-order chi connectivity index (χ0) is 19.1. The number of carbonyl (C=O) groups excluding carboxylic acids is 1. The lowest BCUT2D eigenvalue weighted by molar-refractivity contribution is -0.142.